The Kier molecular flexibility index (Phi) is 13.1. The first-order chi connectivity index (χ1) is 13.2. The Bertz CT molecular complexity index is 541. The molecule has 0 radical (unpaired) electrons. The highest BCUT2D eigenvalue weighted by molar-refractivity contribution is 5.79. The van der Waals surface area contributed by atoms with E-state index < -0.39 is 0 Å². The Morgan fingerprint density at radius 2 is 1.81 bits per heavy atom. The van der Waals surface area contributed by atoms with Crippen LogP contribution in [0, 0.1) is 5.82 Å². The normalized spacial score (nSPS) is 11.5. The summed E-state index contributed by atoms with van der Waals surface area (Å²) in [6, 6.07) is 4.92. The zero-order valence-corrected chi connectivity index (χ0v) is 16.9. The number of rotatable bonds is 14. The second kappa shape index (κ2) is 15.2. The summed E-state index contributed by atoms with van der Waals surface area (Å²) in [5, 5.41) is 6.37. The fraction of sp³-hybridized carbons (Fsp3) is 0.650. The van der Waals surface area contributed by atoms with Gasteiger partial charge in [0, 0.05) is 19.7 Å². The average molecular weight is 384 g/mol. The van der Waals surface area contributed by atoms with E-state index >= 15 is 0 Å². The molecule has 1 aromatic carbocycles. The van der Waals surface area contributed by atoms with Gasteiger partial charge in [0.25, 0.3) is 0 Å². The van der Waals surface area contributed by atoms with Crippen LogP contribution in [-0.4, -0.2) is 52.1 Å². The Hall–Kier alpha value is -1.86. The summed E-state index contributed by atoms with van der Waals surface area (Å²) in [7, 11) is 0. The molecule has 7 heteroatoms. The van der Waals surface area contributed by atoms with Gasteiger partial charge in [-0.3, -0.25) is 0 Å². The van der Waals surface area contributed by atoms with E-state index in [1.54, 1.807) is 6.07 Å². The van der Waals surface area contributed by atoms with Crippen LogP contribution in [-0.2, 0) is 16.0 Å². The van der Waals surface area contributed by atoms with Gasteiger partial charge in [0.1, 0.15) is 0 Å². The van der Waals surface area contributed by atoms with Gasteiger partial charge in [-0.15, -0.1) is 0 Å². The summed E-state index contributed by atoms with van der Waals surface area (Å²) in [4.78, 5) is 4.47. The van der Waals surface area contributed by atoms with Crippen molar-refractivity contribution >= 4 is 5.96 Å². The lowest BCUT2D eigenvalue weighted by Gasteiger charge is -2.12. The molecule has 0 fully saturated rings. The van der Waals surface area contributed by atoms with Crippen molar-refractivity contribution in [1.82, 2.24) is 10.6 Å². The number of aliphatic imine (C=N–C) groups is 1. The lowest BCUT2D eigenvalue weighted by Crippen LogP contribution is -2.39. The summed E-state index contributed by atoms with van der Waals surface area (Å²) < 4.78 is 30.1. The predicted molar refractivity (Wildman–Crippen MR) is 107 cm³/mol. The predicted octanol–water partition coefficient (Wildman–Crippen LogP) is 3.11. The number of nitrogens with zero attached hydrogens (tertiary/aromatic N) is 1. The van der Waals surface area contributed by atoms with Crippen LogP contribution in [0.1, 0.15) is 39.2 Å². The maximum atomic E-state index is 13.9. The van der Waals surface area contributed by atoms with Gasteiger partial charge in [0.2, 0.25) is 0 Å². The van der Waals surface area contributed by atoms with Gasteiger partial charge in [-0.2, -0.15) is 0 Å². The molecule has 0 atom stereocenters. The highest BCUT2D eigenvalue weighted by Gasteiger charge is 2.04. The molecule has 27 heavy (non-hydrogen) atoms. The molecule has 2 N–H and O–H groups in total. The number of unbranched alkanes of at least 4 members (excludes halogenated alkanes) is 1. The van der Waals surface area contributed by atoms with E-state index in [4.69, 9.17) is 14.2 Å². The van der Waals surface area contributed by atoms with Gasteiger partial charge >= 0.3 is 0 Å². The maximum absolute atomic E-state index is 13.9. The smallest absolute Gasteiger partial charge is 0.191 e. The molecule has 0 spiro atoms. The first-order valence-electron chi connectivity index (χ1n) is 9.80. The molecule has 0 heterocycles. The number of hydrogen-bond donors (Lipinski definition) is 2. The van der Waals surface area contributed by atoms with E-state index in [1.165, 1.54) is 6.07 Å². The monoisotopic (exact) mass is 383 g/mol. The van der Waals surface area contributed by atoms with E-state index in [0.717, 1.165) is 31.6 Å². The number of benzene rings is 1. The SMILES string of the molecule is CCCCOCCOCCNC(=NCc1ccc(OCC)c(F)c1)NCC. The van der Waals surface area contributed by atoms with Gasteiger partial charge in [0.15, 0.2) is 17.5 Å². The molecule has 0 bridgehead atoms. The number of ether oxygens (including phenoxy) is 3. The van der Waals surface area contributed by atoms with Crippen LogP contribution < -0.4 is 15.4 Å². The summed E-state index contributed by atoms with van der Waals surface area (Å²) >= 11 is 0. The van der Waals surface area contributed by atoms with Crippen molar-refractivity contribution in [1.29, 1.82) is 0 Å². The van der Waals surface area contributed by atoms with Crippen LogP contribution in [0.15, 0.2) is 23.2 Å². The van der Waals surface area contributed by atoms with Crippen molar-refractivity contribution in [3.05, 3.63) is 29.6 Å². The van der Waals surface area contributed by atoms with E-state index in [2.05, 4.69) is 22.5 Å². The average Bonchev–Trinajstić information content (AvgIpc) is 2.66. The second-order valence-corrected chi connectivity index (χ2v) is 5.90. The van der Waals surface area contributed by atoms with Crippen LogP contribution in [0.3, 0.4) is 0 Å². The van der Waals surface area contributed by atoms with Crippen molar-refractivity contribution in [2.75, 3.05) is 46.1 Å². The summed E-state index contributed by atoms with van der Waals surface area (Å²) in [5.74, 6) is 0.581. The zero-order valence-electron chi connectivity index (χ0n) is 16.9. The number of halogens is 1. The van der Waals surface area contributed by atoms with Crippen LogP contribution in [0.5, 0.6) is 5.75 Å². The Labute approximate surface area is 162 Å². The molecule has 0 amide bonds. The fourth-order valence-corrected chi connectivity index (χ4v) is 2.24. The molecule has 0 aliphatic carbocycles. The van der Waals surface area contributed by atoms with Gasteiger partial charge in [-0.1, -0.05) is 19.4 Å². The third-order valence-corrected chi connectivity index (χ3v) is 3.61. The summed E-state index contributed by atoms with van der Waals surface area (Å²) in [6.07, 6.45) is 2.23. The third kappa shape index (κ3) is 10.8. The molecule has 154 valence electrons. The number of nitrogens with one attached hydrogen (secondary N) is 2. The lowest BCUT2D eigenvalue weighted by molar-refractivity contribution is 0.0487. The minimum absolute atomic E-state index is 0.270. The standard InChI is InChI=1S/C20H34FN3O3/c1-4-7-11-25-13-14-26-12-10-23-20(22-5-2)24-16-17-8-9-19(27-6-3)18(21)15-17/h8-9,15H,4-7,10-14,16H2,1-3H3,(H2,22,23,24). The molecule has 0 saturated carbocycles. The Morgan fingerprint density at radius 1 is 1.04 bits per heavy atom. The third-order valence-electron chi connectivity index (χ3n) is 3.61. The molecule has 1 rings (SSSR count). The first kappa shape index (κ1) is 23.2. The topological polar surface area (TPSA) is 64.1 Å². The molecule has 0 aromatic heterocycles. The van der Waals surface area contributed by atoms with Crippen LogP contribution >= 0.6 is 0 Å². The highest BCUT2D eigenvalue weighted by atomic mass is 19.1. The molecule has 0 saturated heterocycles. The van der Waals surface area contributed by atoms with E-state index in [9.17, 15) is 4.39 Å². The van der Waals surface area contributed by atoms with Crippen LogP contribution in [0.25, 0.3) is 0 Å². The maximum Gasteiger partial charge on any atom is 0.191 e. The van der Waals surface area contributed by atoms with E-state index in [-0.39, 0.29) is 11.6 Å². The number of hydrogen-bond acceptors (Lipinski definition) is 4. The Morgan fingerprint density at radius 3 is 2.48 bits per heavy atom. The van der Waals surface area contributed by atoms with Gasteiger partial charge in [0.05, 0.1) is 33.0 Å². The van der Waals surface area contributed by atoms with E-state index in [1.807, 2.05) is 19.9 Å². The van der Waals surface area contributed by atoms with E-state index in [0.29, 0.717) is 45.5 Å². The largest absolute Gasteiger partial charge is 0.491 e. The lowest BCUT2D eigenvalue weighted by atomic mass is 10.2. The van der Waals surface area contributed by atoms with Crippen LogP contribution in [0.2, 0.25) is 0 Å². The van der Waals surface area contributed by atoms with Crippen molar-refractivity contribution in [2.24, 2.45) is 4.99 Å². The minimum atomic E-state index is -0.364. The Balaban J connectivity index is 2.32. The van der Waals surface area contributed by atoms with Gasteiger partial charge in [-0.25, -0.2) is 9.38 Å². The molecule has 0 aliphatic heterocycles. The first-order valence-corrected chi connectivity index (χ1v) is 9.80. The molecular weight excluding hydrogens is 349 g/mol. The van der Waals surface area contributed by atoms with Gasteiger partial charge in [-0.05, 0) is 38.0 Å². The molecular formula is C20H34FN3O3. The van der Waals surface area contributed by atoms with Crippen molar-refractivity contribution < 1.29 is 18.6 Å². The summed E-state index contributed by atoms with van der Waals surface area (Å²) in [6.45, 7) is 10.7. The number of guanidine groups is 1. The quantitative estimate of drug-likeness (QED) is 0.294. The fourth-order valence-electron chi connectivity index (χ4n) is 2.24. The minimum Gasteiger partial charge on any atom is -0.491 e. The molecule has 6 nitrogen and oxygen atoms in total. The molecule has 0 aliphatic rings. The van der Waals surface area contributed by atoms with Gasteiger partial charge < -0.3 is 24.8 Å². The second-order valence-electron chi connectivity index (χ2n) is 5.90. The van der Waals surface area contributed by atoms with Crippen molar-refractivity contribution in [3.63, 3.8) is 0 Å². The highest BCUT2D eigenvalue weighted by Crippen LogP contribution is 2.18. The zero-order chi connectivity index (χ0) is 19.7. The van der Waals surface area contributed by atoms with Crippen LogP contribution in [0.4, 0.5) is 4.39 Å². The molecule has 0 unspecified atom stereocenters. The van der Waals surface area contributed by atoms with Crippen molar-refractivity contribution in [2.45, 2.75) is 40.2 Å². The van der Waals surface area contributed by atoms with Crippen molar-refractivity contribution in [3.8, 4) is 5.75 Å². The molecule has 1 aromatic rings. The summed E-state index contributed by atoms with van der Waals surface area (Å²) in [5.41, 5.74) is 0.786.